The third-order valence-electron chi connectivity index (χ3n) is 3.36. The van der Waals surface area contributed by atoms with Crippen molar-refractivity contribution in [1.29, 1.82) is 0 Å². The van der Waals surface area contributed by atoms with Gasteiger partial charge in [0.25, 0.3) is 6.43 Å². The van der Waals surface area contributed by atoms with Gasteiger partial charge in [0.05, 0.1) is 0 Å². The van der Waals surface area contributed by atoms with E-state index in [2.05, 4.69) is 11.4 Å². The Balaban J connectivity index is 2.14. The summed E-state index contributed by atoms with van der Waals surface area (Å²) in [6, 6.07) is 5.98. The van der Waals surface area contributed by atoms with Crippen molar-refractivity contribution in [2.75, 3.05) is 6.54 Å². The molecule has 0 spiro atoms. The summed E-state index contributed by atoms with van der Waals surface area (Å²) in [6.45, 7) is 1.75. The Labute approximate surface area is 108 Å². The molecule has 94 valence electrons. The molecule has 18 heavy (non-hydrogen) atoms. The first-order valence-electron chi connectivity index (χ1n) is 5.93. The van der Waals surface area contributed by atoms with Crippen molar-refractivity contribution in [2.45, 2.75) is 19.4 Å². The quantitative estimate of drug-likeness (QED) is 0.865. The van der Waals surface area contributed by atoms with Gasteiger partial charge in [-0.2, -0.15) is 11.3 Å². The number of nitrogens with one attached hydrogen (secondary N) is 1. The van der Waals surface area contributed by atoms with Crippen LogP contribution in [0.5, 0.6) is 0 Å². The molecule has 1 aliphatic rings. The second-order valence-electron chi connectivity index (χ2n) is 4.41. The molecular weight excluding hydrogens is 252 g/mol. The maximum Gasteiger partial charge on any atom is 0.265 e. The maximum absolute atomic E-state index is 13.0. The monoisotopic (exact) mass is 265 g/mol. The summed E-state index contributed by atoms with van der Waals surface area (Å²) in [7, 11) is 0. The van der Waals surface area contributed by atoms with E-state index in [0.717, 1.165) is 25.1 Å². The fourth-order valence-electron chi connectivity index (χ4n) is 2.48. The van der Waals surface area contributed by atoms with Crippen LogP contribution in [0, 0.1) is 0 Å². The topological polar surface area (TPSA) is 12.0 Å². The van der Waals surface area contributed by atoms with Gasteiger partial charge in [-0.15, -0.1) is 0 Å². The highest BCUT2D eigenvalue weighted by Crippen LogP contribution is 2.37. The Morgan fingerprint density at radius 1 is 1.17 bits per heavy atom. The van der Waals surface area contributed by atoms with Gasteiger partial charge in [-0.3, -0.25) is 0 Å². The zero-order chi connectivity index (χ0) is 12.5. The summed E-state index contributed by atoms with van der Waals surface area (Å²) in [5.74, 6) is 0. The van der Waals surface area contributed by atoms with Crippen molar-refractivity contribution in [3.8, 4) is 11.1 Å². The summed E-state index contributed by atoms with van der Waals surface area (Å²) in [5.41, 5.74) is 4.29. The summed E-state index contributed by atoms with van der Waals surface area (Å²) in [6.07, 6.45) is -1.49. The average molecular weight is 265 g/mol. The van der Waals surface area contributed by atoms with E-state index in [0.29, 0.717) is 5.56 Å². The van der Waals surface area contributed by atoms with Crippen LogP contribution in [0.3, 0.4) is 0 Å². The van der Waals surface area contributed by atoms with Gasteiger partial charge in [0.15, 0.2) is 0 Å². The van der Waals surface area contributed by atoms with Crippen molar-refractivity contribution in [1.82, 2.24) is 5.32 Å². The zero-order valence-electron chi connectivity index (χ0n) is 9.75. The number of thiophene rings is 1. The molecule has 1 aliphatic heterocycles. The van der Waals surface area contributed by atoms with Gasteiger partial charge in [0, 0.05) is 23.1 Å². The Kier molecular flexibility index (Phi) is 3.14. The number of fused-ring (bicyclic) bond motifs is 1. The van der Waals surface area contributed by atoms with Gasteiger partial charge in [0.2, 0.25) is 0 Å². The number of halogens is 2. The molecule has 0 fully saturated rings. The number of benzene rings is 1. The minimum atomic E-state index is -2.40. The number of rotatable bonds is 2. The highest BCUT2D eigenvalue weighted by Gasteiger charge is 2.19. The Morgan fingerprint density at radius 3 is 2.89 bits per heavy atom. The van der Waals surface area contributed by atoms with Gasteiger partial charge in [-0.25, -0.2) is 8.78 Å². The molecule has 0 unspecified atom stereocenters. The van der Waals surface area contributed by atoms with E-state index in [1.165, 1.54) is 22.5 Å². The Bertz CT molecular complexity index is 563. The minimum absolute atomic E-state index is 0.159. The molecule has 2 aromatic rings. The highest BCUT2D eigenvalue weighted by atomic mass is 32.1. The van der Waals surface area contributed by atoms with E-state index in [1.807, 2.05) is 17.5 Å². The normalized spacial score (nSPS) is 14.8. The zero-order valence-corrected chi connectivity index (χ0v) is 10.6. The molecule has 0 saturated carbocycles. The van der Waals surface area contributed by atoms with Crippen LogP contribution in [0.2, 0.25) is 0 Å². The van der Waals surface area contributed by atoms with Crippen LogP contribution in [0.4, 0.5) is 8.78 Å². The van der Waals surface area contributed by atoms with Crippen LogP contribution in [-0.4, -0.2) is 6.54 Å². The second kappa shape index (κ2) is 4.78. The molecule has 0 amide bonds. The van der Waals surface area contributed by atoms with Crippen LogP contribution >= 0.6 is 11.3 Å². The minimum Gasteiger partial charge on any atom is -0.312 e. The Morgan fingerprint density at radius 2 is 2.06 bits per heavy atom. The number of hydrogen-bond acceptors (Lipinski definition) is 2. The van der Waals surface area contributed by atoms with Crippen molar-refractivity contribution < 1.29 is 8.78 Å². The van der Waals surface area contributed by atoms with Crippen LogP contribution in [-0.2, 0) is 13.0 Å². The largest absolute Gasteiger partial charge is 0.312 e. The highest BCUT2D eigenvalue weighted by molar-refractivity contribution is 7.08. The maximum atomic E-state index is 13.0. The fraction of sp³-hybridized carbons (Fsp3) is 0.286. The lowest BCUT2D eigenvalue weighted by Gasteiger charge is -2.20. The third-order valence-corrected chi connectivity index (χ3v) is 4.12. The van der Waals surface area contributed by atoms with Crippen LogP contribution < -0.4 is 5.32 Å². The van der Waals surface area contributed by atoms with Gasteiger partial charge >= 0.3 is 0 Å². The lowest BCUT2D eigenvalue weighted by atomic mass is 9.91. The first-order valence-corrected chi connectivity index (χ1v) is 6.87. The van der Waals surface area contributed by atoms with E-state index in [-0.39, 0.29) is 5.56 Å². The molecule has 1 aromatic heterocycles. The van der Waals surface area contributed by atoms with Crippen LogP contribution in [0.15, 0.2) is 29.0 Å². The molecule has 2 heterocycles. The van der Waals surface area contributed by atoms with Crippen molar-refractivity contribution in [2.24, 2.45) is 0 Å². The lowest BCUT2D eigenvalue weighted by Crippen LogP contribution is -2.24. The number of alkyl halides is 2. The molecule has 4 heteroatoms. The molecule has 0 atom stereocenters. The van der Waals surface area contributed by atoms with Gasteiger partial charge in [-0.05, 0) is 35.0 Å². The van der Waals surface area contributed by atoms with Crippen molar-refractivity contribution in [3.63, 3.8) is 0 Å². The second-order valence-corrected chi connectivity index (χ2v) is 5.16. The standard InChI is InChI=1S/C14H13F2NS/c15-14(16)13-8-18-7-12(13)11-3-1-2-9-6-17-5-4-10(9)11/h1-3,7-8,14,17H,4-6H2. The van der Waals surface area contributed by atoms with E-state index in [9.17, 15) is 8.78 Å². The molecule has 3 rings (SSSR count). The van der Waals surface area contributed by atoms with E-state index >= 15 is 0 Å². The molecule has 0 aliphatic carbocycles. The van der Waals surface area contributed by atoms with E-state index < -0.39 is 6.43 Å². The summed E-state index contributed by atoms with van der Waals surface area (Å²) < 4.78 is 25.9. The lowest BCUT2D eigenvalue weighted by molar-refractivity contribution is 0.152. The first-order chi connectivity index (χ1) is 8.77. The van der Waals surface area contributed by atoms with Gasteiger partial charge in [-0.1, -0.05) is 18.2 Å². The van der Waals surface area contributed by atoms with Gasteiger partial charge in [0.1, 0.15) is 0 Å². The van der Waals surface area contributed by atoms with E-state index in [1.54, 1.807) is 5.38 Å². The number of hydrogen-bond donors (Lipinski definition) is 1. The van der Waals surface area contributed by atoms with Crippen molar-refractivity contribution >= 4 is 11.3 Å². The molecule has 1 aromatic carbocycles. The molecule has 0 bridgehead atoms. The van der Waals surface area contributed by atoms with Crippen molar-refractivity contribution in [3.05, 3.63) is 45.6 Å². The van der Waals surface area contributed by atoms with Crippen LogP contribution in [0.1, 0.15) is 23.1 Å². The SMILES string of the molecule is FC(F)c1cscc1-c1cccc2c1CCNC2. The van der Waals surface area contributed by atoms with Crippen LogP contribution in [0.25, 0.3) is 11.1 Å². The average Bonchev–Trinajstić information content (AvgIpc) is 2.87. The molecule has 0 saturated heterocycles. The molecule has 0 radical (unpaired) electrons. The smallest absolute Gasteiger partial charge is 0.265 e. The Hall–Kier alpha value is -1.26. The molecule has 1 nitrogen and oxygen atoms in total. The van der Waals surface area contributed by atoms with E-state index in [4.69, 9.17) is 0 Å². The first kappa shape index (κ1) is 11.8. The summed E-state index contributed by atoms with van der Waals surface area (Å²) in [4.78, 5) is 0. The summed E-state index contributed by atoms with van der Waals surface area (Å²) >= 11 is 1.34. The fourth-order valence-corrected chi connectivity index (χ4v) is 3.32. The molecule has 1 N–H and O–H groups in total. The predicted molar refractivity (Wildman–Crippen MR) is 70.1 cm³/mol. The third kappa shape index (κ3) is 1.95. The predicted octanol–water partition coefficient (Wildman–Crippen LogP) is 4.00. The van der Waals surface area contributed by atoms with Gasteiger partial charge < -0.3 is 5.32 Å². The molecular formula is C14H13F2NS. The summed E-state index contributed by atoms with van der Waals surface area (Å²) in [5, 5.41) is 6.69.